The summed E-state index contributed by atoms with van der Waals surface area (Å²) >= 11 is 1.58. The van der Waals surface area contributed by atoms with E-state index in [1.54, 1.807) is 49.8 Å². The molecule has 31 heavy (non-hydrogen) atoms. The normalized spacial score (nSPS) is 12.0. The van der Waals surface area contributed by atoms with Crippen molar-refractivity contribution in [1.29, 1.82) is 0 Å². The minimum Gasteiger partial charge on any atom is -0.497 e. The van der Waals surface area contributed by atoms with Gasteiger partial charge in [-0.2, -0.15) is 0 Å². The second kappa shape index (κ2) is 12.5. The Balaban J connectivity index is 0.00000341. The van der Waals surface area contributed by atoms with Crippen LogP contribution in [0.4, 0.5) is 0 Å². The van der Waals surface area contributed by atoms with Gasteiger partial charge in [-0.25, -0.2) is 0 Å². The molecule has 0 saturated heterocycles. The molecule has 0 spiro atoms. The molecular formula is C22H27IN4O3S. The van der Waals surface area contributed by atoms with Crippen molar-refractivity contribution in [2.24, 2.45) is 4.99 Å². The lowest BCUT2D eigenvalue weighted by Crippen LogP contribution is -2.42. The molecule has 3 aromatic rings. The third kappa shape index (κ3) is 7.08. The Morgan fingerprint density at radius 3 is 2.48 bits per heavy atom. The maximum absolute atomic E-state index is 12.1. The maximum Gasteiger partial charge on any atom is 0.251 e. The van der Waals surface area contributed by atoms with Crippen LogP contribution >= 0.6 is 35.3 Å². The third-order valence-electron chi connectivity index (χ3n) is 4.51. The predicted octanol–water partition coefficient (Wildman–Crippen LogP) is 3.16. The summed E-state index contributed by atoms with van der Waals surface area (Å²) in [6, 6.07) is 17.0. The molecule has 1 aromatic heterocycles. The Morgan fingerprint density at radius 2 is 1.81 bits per heavy atom. The van der Waals surface area contributed by atoms with Gasteiger partial charge in [0.15, 0.2) is 5.96 Å². The molecule has 1 unspecified atom stereocenters. The van der Waals surface area contributed by atoms with Gasteiger partial charge in [-0.1, -0.05) is 18.2 Å². The van der Waals surface area contributed by atoms with Crippen LogP contribution in [-0.4, -0.2) is 50.8 Å². The number of nitrogens with zero attached hydrogens (tertiary/aromatic N) is 1. The Labute approximate surface area is 202 Å². The van der Waals surface area contributed by atoms with Crippen LogP contribution in [0.15, 0.2) is 59.6 Å². The van der Waals surface area contributed by atoms with Crippen LogP contribution in [0.3, 0.4) is 0 Å². The first-order valence-corrected chi connectivity index (χ1v) is 10.5. The molecule has 9 heteroatoms. The van der Waals surface area contributed by atoms with Crippen molar-refractivity contribution in [2.45, 2.75) is 6.10 Å². The van der Waals surface area contributed by atoms with Gasteiger partial charge in [0.2, 0.25) is 0 Å². The highest BCUT2D eigenvalue weighted by Gasteiger charge is 2.12. The summed E-state index contributed by atoms with van der Waals surface area (Å²) in [7, 11) is 3.25. The van der Waals surface area contributed by atoms with Gasteiger partial charge in [0.1, 0.15) is 11.9 Å². The van der Waals surface area contributed by atoms with Gasteiger partial charge in [0, 0.05) is 41.8 Å². The van der Waals surface area contributed by atoms with Crippen LogP contribution in [0.2, 0.25) is 0 Å². The summed E-state index contributed by atoms with van der Waals surface area (Å²) in [5.74, 6) is 1.12. The number of benzene rings is 2. The molecule has 1 heterocycles. The van der Waals surface area contributed by atoms with Crippen LogP contribution in [0, 0.1) is 0 Å². The minimum atomic E-state index is -0.629. The number of halogens is 1. The largest absolute Gasteiger partial charge is 0.497 e. The highest BCUT2D eigenvalue weighted by Crippen LogP contribution is 2.29. The van der Waals surface area contributed by atoms with E-state index < -0.39 is 6.10 Å². The van der Waals surface area contributed by atoms with Gasteiger partial charge >= 0.3 is 0 Å². The van der Waals surface area contributed by atoms with E-state index in [0.29, 0.717) is 36.9 Å². The highest BCUT2D eigenvalue weighted by atomic mass is 127. The van der Waals surface area contributed by atoms with Gasteiger partial charge in [-0.15, -0.1) is 35.3 Å². The molecule has 0 aliphatic carbocycles. The molecule has 0 saturated carbocycles. The van der Waals surface area contributed by atoms with Crippen molar-refractivity contribution >= 4 is 57.3 Å². The van der Waals surface area contributed by atoms with E-state index in [-0.39, 0.29) is 29.9 Å². The summed E-state index contributed by atoms with van der Waals surface area (Å²) in [6.07, 6.45) is -0.629. The minimum absolute atomic E-state index is 0. The van der Waals surface area contributed by atoms with Crippen molar-refractivity contribution in [3.8, 4) is 5.75 Å². The average molecular weight is 554 g/mol. The molecular weight excluding hydrogens is 527 g/mol. The van der Waals surface area contributed by atoms with E-state index in [4.69, 9.17) is 4.74 Å². The zero-order chi connectivity index (χ0) is 21.3. The molecule has 0 radical (unpaired) electrons. The number of aliphatic imine (C=N–C) groups is 1. The number of ether oxygens (including phenoxy) is 1. The molecule has 0 bridgehead atoms. The van der Waals surface area contributed by atoms with Crippen LogP contribution in [-0.2, 0) is 0 Å². The number of methoxy groups -OCH3 is 1. The summed E-state index contributed by atoms with van der Waals surface area (Å²) < 4.78 is 6.24. The monoisotopic (exact) mass is 554 g/mol. The Kier molecular flexibility index (Phi) is 10.0. The van der Waals surface area contributed by atoms with Crippen molar-refractivity contribution < 1.29 is 14.6 Å². The lowest BCUT2D eigenvalue weighted by molar-refractivity contribution is 0.0954. The molecule has 3 rings (SSSR count). The molecule has 0 fully saturated rings. The number of guanidine groups is 1. The van der Waals surface area contributed by atoms with E-state index in [0.717, 1.165) is 15.0 Å². The molecule has 0 aliphatic rings. The molecule has 2 aromatic carbocycles. The standard InChI is InChI=1S/C22H26N4O3S.HI/c1-23-22(25-12-11-24-21(28)15-7-9-17(29-2)10-8-15)26-14-18(27)20-13-16-5-3-4-6-19(16)30-20;/h3-10,13,18,27H,11-12,14H2,1-2H3,(H,24,28)(H2,23,25,26);1H. The molecule has 1 atom stereocenters. The van der Waals surface area contributed by atoms with E-state index in [1.807, 2.05) is 30.3 Å². The van der Waals surface area contributed by atoms with Crippen LogP contribution in [0.25, 0.3) is 10.1 Å². The molecule has 7 nitrogen and oxygen atoms in total. The van der Waals surface area contributed by atoms with E-state index in [2.05, 4.69) is 20.9 Å². The van der Waals surface area contributed by atoms with Crippen LogP contribution in [0.1, 0.15) is 21.3 Å². The lowest BCUT2D eigenvalue weighted by Gasteiger charge is -2.15. The number of rotatable bonds is 8. The molecule has 4 N–H and O–H groups in total. The number of carbonyl (C=O) groups excluding carboxylic acids is 1. The zero-order valence-corrected chi connectivity index (χ0v) is 20.6. The average Bonchev–Trinajstić information content (AvgIpc) is 3.22. The van der Waals surface area contributed by atoms with Crippen molar-refractivity contribution in [3.05, 3.63) is 65.0 Å². The van der Waals surface area contributed by atoms with E-state index in [9.17, 15) is 9.90 Å². The van der Waals surface area contributed by atoms with Gasteiger partial charge < -0.3 is 25.8 Å². The lowest BCUT2D eigenvalue weighted by atomic mass is 10.2. The number of fused-ring (bicyclic) bond motifs is 1. The van der Waals surface area contributed by atoms with Gasteiger partial charge in [-0.3, -0.25) is 9.79 Å². The molecule has 0 aliphatic heterocycles. The fourth-order valence-corrected chi connectivity index (χ4v) is 3.93. The smallest absolute Gasteiger partial charge is 0.251 e. The van der Waals surface area contributed by atoms with E-state index >= 15 is 0 Å². The van der Waals surface area contributed by atoms with E-state index in [1.165, 1.54) is 0 Å². The number of hydrogen-bond acceptors (Lipinski definition) is 5. The van der Waals surface area contributed by atoms with Crippen LogP contribution in [0.5, 0.6) is 5.75 Å². The summed E-state index contributed by atoms with van der Waals surface area (Å²) in [4.78, 5) is 17.2. The number of nitrogens with one attached hydrogen (secondary N) is 3. The maximum atomic E-state index is 12.1. The van der Waals surface area contributed by atoms with Crippen molar-refractivity contribution in [2.75, 3.05) is 33.8 Å². The Bertz CT molecular complexity index is 974. The SMILES string of the molecule is CN=C(NCCNC(=O)c1ccc(OC)cc1)NCC(O)c1cc2ccccc2s1.I. The summed E-state index contributed by atoms with van der Waals surface area (Å²) in [5.41, 5.74) is 0.574. The first-order valence-electron chi connectivity index (χ1n) is 9.64. The number of aliphatic hydroxyl groups excluding tert-OH is 1. The third-order valence-corrected chi connectivity index (χ3v) is 5.73. The van der Waals surface area contributed by atoms with Gasteiger partial charge in [0.25, 0.3) is 5.91 Å². The highest BCUT2D eigenvalue weighted by molar-refractivity contribution is 14.0. The Hall–Kier alpha value is -2.37. The van der Waals surface area contributed by atoms with Crippen molar-refractivity contribution in [3.63, 3.8) is 0 Å². The zero-order valence-electron chi connectivity index (χ0n) is 17.4. The number of amides is 1. The number of carbonyl (C=O) groups is 1. The van der Waals surface area contributed by atoms with Crippen LogP contribution < -0.4 is 20.7 Å². The number of hydrogen-bond donors (Lipinski definition) is 4. The van der Waals surface area contributed by atoms with Gasteiger partial charge in [-0.05, 0) is 41.8 Å². The second-order valence-corrected chi connectivity index (χ2v) is 7.68. The fraction of sp³-hybridized carbons (Fsp3) is 0.273. The molecule has 166 valence electrons. The molecule has 1 amide bonds. The first kappa shape index (κ1) is 24.9. The number of aliphatic hydroxyl groups is 1. The quantitative estimate of drug-likeness (QED) is 0.149. The topological polar surface area (TPSA) is 95.0 Å². The first-order chi connectivity index (χ1) is 14.6. The van der Waals surface area contributed by atoms with Gasteiger partial charge in [0.05, 0.1) is 7.11 Å². The predicted molar refractivity (Wildman–Crippen MR) is 137 cm³/mol. The summed E-state index contributed by atoms with van der Waals surface area (Å²) in [6.45, 7) is 1.27. The second-order valence-electron chi connectivity index (χ2n) is 6.57. The van der Waals surface area contributed by atoms with Crippen molar-refractivity contribution in [1.82, 2.24) is 16.0 Å². The summed E-state index contributed by atoms with van der Waals surface area (Å²) in [5, 5.41) is 20.7. The fourth-order valence-electron chi connectivity index (χ4n) is 2.88. The Morgan fingerprint density at radius 1 is 1.10 bits per heavy atom. The number of thiophene rings is 1.